The van der Waals surface area contributed by atoms with Gasteiger partial charge in [0.15, 0.2) is 0 Å². The summed E-state index contributed by atoms with van der Waals surface area (Å²) in [7, 11) is 0. The van der Waals surface area contributed by atoms with Crippen molar-refractivity contribution >= 4 is 23.4 Å². The van der Waals surface area contributed by atoms with Crippen molar-refractivity contribution in [3.63, 3.8) is 0 Å². The first-order valence-corrected chi connectivity index (χ1v) is 9.84. The van der Waals surface area contributed by atoms with Crippen molar-refractivity contribution in [2.45, 2.75) is 52.3 Å². The van der Waals surface area contributed by atoms with Gasteiger partial charge < -0.3 is 15.3 Å². The number of halogens is 1. The van der Waals surface area contributed by atoms with Crippen molar-refractivity contribution in [3.8, 4) is 5.69 Å². The van der Waals surface area contributed by atoms with Gasteiger partial charge in [-0.05, 0) is 52.4 Å². The number of nitrogens with zero attached hydrogens (tertiary/aromatic N) is 5. The Morgan fingerprint density at radius 2 is 2.14 bits per heavy atom. The van der Waals surface area contributed by atoms with Crippen molar-refractivity contribution in [1.29, 1.82) is 0 Å². The van der Waals surface area contributed by atoms with E-state index in [1.165, 1.54) is 15.9 Å². The van der Waals surface area contributed by atoms with Crippen LogP contribution in [0.3, 0.4) is 0 Å². The third kappa shape index (κ3) is 4.73. The van der Waals surface area contributed by atoms with Gasteiger partial charge >= 0.3 is 0 Å². The van der Waals surface area contributed by atoms with E-state index >= 15 is 0 Å². The average molecular weight is 421 g/mol. The number of carbonyl (C=O) groups is 2. The van der Waals surface area contributed by atoms with Crippen LogP contribution in [0.4, 0.5) is 0 Å². The molecule has 0 saturated carbocycles. The maximum atomic E-state index is 12.8. The molecule has 29 heavy (non-hydrogen) atoms. The van der Waals surface area contributed by atoms with Gasteiger partial charge in [0.2, 0.25) is 5.91 Å². The van der Waals surface area contributed by atoms with Crippen LogP contribution in [0.5, 0.6) is 0 Å². The third-order valence-corrected chi connectivity index (χ3v) is 5.22. The lowest BCUT2D eigenvalue weighted by molar-refractivity contribution is -0.149. The second kappa shape index (κ2) is 8.46. The summed E-state index contributed by atoms with van der Waals surface area (Å²) in [5, 5.41) is 24.9. The van der Waals surface area contributed by atoms with Gasteiger partial charge in [-0.1, -0.05) is 32.4 Å². The number of tetrazole rings is 1. The highest BCUT2D eigenvalue weighted by Crippen LogP contribution is 2.26. The summed E-state index contributed by atoms with van der Waals surface area (Å²) in [6.45, 7) is 6.03. The van der Waals surface area contributed by atoms with Crippen LogP contribution >= 0.6 is 11.6 Å². The molecule has 1 aromatic heterocycles. The summed E-state index contributed by atoms with van der Waals surface area (Å²) in [4.78, 5) is 27.0. The molecule has 3 rings (SSSR count). The first-order chi connectivity index (χ1) is 13.7. The van der Waals surface area contributed by atoms with Gasteiger partial charge in [0, 0.05) is 18.1 Å². The van der Waals surface area contributed by atoms with Crippen LogP contribution in [0.1, 0.15) is 39.2 Å². The number of hydrogen-bond donors (Lipinski definition) is 2. The van der Waals surface area contributed by atoms with Crippen molar-refractivity contribution in [1.82, 2.24) is 30.4 Å². The first-order valence-electron chi connectivity index (χ1n) is 9.46. The Balaban J connectivity index is 1.71. The topological polar surface area (TPSA) is 113 Å². The average Bonchev–Trinajstić information content (AvgIpc) is 3.36. The van der Waals surface area contributed by atoms with Crippen LogP contribution in [-0.4, -0.2) is 60.7 Å². The summed E-state index contributed by atoms with van der Waals surface area (Å²) in [5.74, 6) is -0.674. The Hall–Kier alpha value is -2.52. The normalized spacial score (nSPS) is 18.0. The molecule has 0 spiro atoms. The summed E-state index contributed by atoms with van der Waals surface area (Å²) in [6, 6.07) is 4.62. The van der Waals surface area contributed by atoms with Crippen molar-refractivity contribution in [3.05, 3.63) is 35.1 Å². The molecular formula is C19H25ClN6O3. The molecular weight excluding hydrogens is 396 g/mol. The van der Waals surface area contributed by atoms with E-state index in [1.807, 2.05) is 0 Å². The summed E-state index contributed by atoms with van der Waals surface area (Å²) < 4.78 is 1.49. The third-order valence-electron chi connectivity index (χ3n) is 4.98. The van der Waals surface area contributed by atoms with Gasteiger partial charge in [-0.2, -0.15) is 0 Å². The number of aliphatic hydroxyl groups excluding tert-OH is 1. The second-order valence-corrected chi connectivity index (χ2v) is 8.64. The number of amides is 2. The molecule has 9 nitrogen and oxygen atoms in total. The van der Waals surface area contributed by atoms with E-state index in [1.54, 1.807) is 39.0 Å². The van der Waals surface area contributed by atoms with E-state index in [-0.39, 0.29) is 12.5 Å². The minimum absolute atomic E-state index is 0.203. The Morgan fingerprint density at radius 1 is 1.38 bits per heavy atom. The van der Waals surface area contributed by atoms with Crippen LogP contribution < -0.4 is 5.32 Å². The predicted molar refractivity (Wildman–Crippen MR) is 106 cm³/mol. The van der Waals surface area contributed by atoms with E-state index in [2.05, 4.69) is 20.8 Å². The fourth-order valence-electron chi connectivity index (χ4n) is 3.32. The molecule has 1 saturated heterocycles. The molecule has 2 atom stereocenters. The molecule has 0 unspecified atom stereocenters. The number of aromatic nitrogens is 4. The predicted octanol–water partition coefficient (Wildman–Crippen LogP) is 1.33. The molecule has 1 fully saturated rings. The van der Waals surface area contributed by atoms with Gasteiger partial charge in [0.05, 0.1) is 5.69 Å². The fraction of sp³-hybridized carbons (Fsp3) is 0.526. The lowest BCUT2D eigenvalue weighted by Crippen LogP contribution is -2.51. The highest BCUT2D eigenvalue weighted by atomic mass is 35.5. The smallest absolute Gasteiger partial charge is 0.252 e. The van der Waals surface area contributed by atoms with Crippen LogP contribution in [0.2, 0.25) is 5.02 Å². The van der Waals surface area contributed by atoms with E-state index in [9.17, 15) is 14.7 Å². The Morgan fingerprint density at radius 3 is 2.79 bits per heavy atom. The van der Waals surface area contributed by atoms with Gasteiger partial charge in [0.1, 0.15) is 18.5 Å². The molecule has 10 heteroatoms. The standard InChI is InChI=1S/C19H25ClN6O3/c1-19(2,3)16(27)18(29)25-8-4-5-15(25)17(28)21-10-12-9-13(20)6-7-14(12)26-11-22-23-24-26/h6-7,9,11,15-16,27H,4-5,8,10H2,1-3H3,(H,21,28)/t15-,16-/m0/s1. The zero-order valence-electron chi connectivity index (χ0n) is 16.7. The molecule has 1 aliphatic heterocycles. The largest absolute Gasteiger partial charge is 0.383 e. The SMILES string of the molecule is CC(C)(C)[C@@H](O)C(=O)N1CCC[C@H]1C(=O)NCc1cc(Cl)ccc1-n1cnnn1. The van der Waals surface area contributed by atoms with Gasteiger partial charge in [0.25, 0.3) is 5.91 Å². The van der Waals surface area contributed by atoms with Crippen molar-refractivity contribution in [2.24, 2.45) is 5.41 Å². The quantitative estimate of drug-likeness (QED) is 0.754. The van der Waals surface area contributed by atoms with E-state index in [0.717, 1.165) is 5.56 Å². The minimum atomic E-state index is -1.16. The fourth-order valence-corrected chi connectivity index (χ4v) is 3.52. The number of nitrogens with one attached hydrogen (secondary N) is 1. The summed E-state index contributed by atoms with van der Waals surface area (Å²) in [5.41, 5.74) is 0.841. The van der Waals surface area contributed by atoms with Crippen LogP contribution in [0.25, 0.3) is 5.69 Å². The maximum absolute atomic E-state index is 12.8. The Bertz CT molecular complexity index is 881. The van der Waals surface area contributed by atoms with E-state index in [0.29, 0.717) is 30.1 Å². The number of hydrogen-bond acceptors (Lipinski definition) is 6. The number of rotatable bonds is 5. The lowest BCUT2D eigenvalue weighted by Gasteiger charge is -2.31. The molecule has 1 aliphatic rings. The molecule has 2 aromatic rings. The molecule has 2 heterocycles. The molecule has 156 valence electrons. The highest BCUT2D eigenvalue weighted by molar-refractivity contribution is 6.30. The monoisotopic (exact) mass is 420 g/mol. The van der Waals surface area contributed by atoms with Crippen LogP contribution in [0.15, 0.2) is 24.5 Å². The van der Waals surface area contributed by atoms with Gasteiger partial charge in [-0.25, -0.2) is 4.68 Å². The van der Waals surface area contributed by atoms with Crippen molar-refractivity contribution in [2.75, 3.05) is 6.54 Å². The van der Waals surface area contributed by atoms with Crippen LogP contribution in [-0.2, 0) is 16.1 Å². The molecule has 0 radical (unpaired) electrons. The molecule has 2 amide bonds. The number of carbonyl (C=O) groups excluding carboxylic acids is 2. The Labute approximate surface area is 174 Å². The molecule has 1 aromatic carbocycles. The molecule has 2 N–H and O–H groups in total. The summed E-state index contributed by atoms with van der Waals surface area (Å²) in [6.07, 6.45) is 1.58. The highest BCUT2D eigenvalue weighted by Gasteiger charge is 2.40. The zero-order chi connectivity index (χ0) is 21.2. The Kier molecular flexibility index (Phi) is 6.18. The van der Waals surface area contributed by atoms with Crippen LogP contribution in [0, 0.1) is 5.41 Å². The molecule has 0 aliphatic carbocycles. The number of aliphatic hydroxyl groups is 1. The van der Waals surface area contributed by atoms with E-state index in [4.69, 9.17) is 11.6 Å². The zero-order valence-corrected chi connectivity index (χ0v) is 17.4. The molecule has 0 bridgehead atoms. The maximum Gasteiger partial charge on any atom is 0.252 e. The number of likely N-dealkylation sites (tertiary alicyclic amines) is 1. The van der Waals surface area contributed by atoms with Gasteiger partial charge in [-0.15, -0.1) is 5.10 Å². The van der Waals surface area contributed by atoms with Gasteiger partial charge in [-0.3, -0.25) is 9.59 Å². The first kappa shape index (κ1) is 21.2. The summed E-state index contributed by atoms with van der Waals surface area (Å²) >= 11 is 6.11. The lowest BCUT2D eigenvalue weighted by atomic mass is 9.88. The number of benzene rings is 1. The van der Waals surface area contributed by atoms with Crippen molar-refractivity contribution < 1.29 is 14.7 Å². The van der Waals surface area contributed by atoms with E-state index < -0.39 is 23.5 Å². The second-order valence-electron chi connectivity index (χ2n) is 8.20. The minimum Gasteiger partial charge on any atom is -0.383 e.